The number of nitrogens with zero attached hydrogens (tertiary/aromatic N) is 5. The number of fused-ring (bicyclic) bond motifs is 2. The number of aryl methyl sites for hydroxylation is 1. The van der Waals surface area contributed by atoms with Crippen molar-refractivity contribution in [3.05, 3.63) is 65.9 Å². The number of hydrogen-bond acceptors (Lipinski definition) is 6. The molecule has 6 heterocycles. The van der Waals surface area contributed by atoms with Gasteiger partial charge in [-0.15, -0.1) is 11.3 Å². The lowest BCUT2D eigenvalue weighted by Crippen LogP contribution is -1.87. The van der Waals surface area contributed by atoms with Crippen molar-refractivity contribution in [3.63, 3.8) is 0 Å². The number of hydrogen-bond donors (Lipinski definition) is 2. The van der Waals surface area contributed by atoms with Gasteiger partial charge in [-0.1, -0.05) is 0 Å². The van der Waals surface area contributed by atoms with Crippen molar-refractivity contribution in [3.8, 4) is 33.2 Å². The topological polar surface area (TPSA) is 96.0 Å². The molecule has 0 atom stereocenters. The van der Waals surface area contributed by atoms with E-state index in [9.17, 15) is 4.39 Å². The third-order valence-electron chi connectivity index (χ3n) is 5.08. The first-order valence-electron chi connectivity index (χ1n) is 9.52. The number of aromatic amines is 2. The Morgan fingerprint density at radius 1 is 0.968 bits per heavy atom. The first-order chi connectivity index (χ1) is 15.2. The van der Waals surface area contributed by atoms with Gasteiger partial charge in [0.2, 0.25) is 0 Å². The Labute approximate surface area is 179 Å². The molecular weight excluding hydrogens is 413 g/mol. The average Bonchev–Trinajstić information content (AvgIpc) is 3.50. The second-order valence-electron chi connectivity index (χ2n) is 7.21. The highest BCUT2D eigenvalue weighted by Crippen LogP contribution is 2.34. The van der Waals surface area contributed by atoms with E-state index in [2.05, 4.69) is 30.1 Å². The quantitative estimate of drug-likeness (QED) is 0.408. The third-order valence-corrected chi connectivity index (χ3v) is 5.98. The van der Waals surface area contributed by atoms with E-state index in [1.165, 1.54) is 6.07 Å². The van der Waals surface area contributed by atoms with Gasteiger partial charge in [0.1, 0.15) is 11.2 Å². The predicted molar refractivity (Wildman–Crippen MR) is 118 cm³/mol. The molecule has 0 amide bonds. The van der Waals surface area contributed by atoms with Crippen molar-refractivity contribution in [2.45, 2.75) is 6.92 Å². The molecule has 0 unspecified atom stereocenters. The number of imidazole rings is 1. The van der Waals surface area contributed by atoms with Crippen LogP contribution in [-0.4, -0.2) is 35.1 Å². The lowest BCUT2D eigenvalue weighted by atomic mass is 10.1. The summed E-state index contributed by atoms with van der Waals surface area (Å²) in [5.41, 5.74) is 6.55. The van der Waals surface area contributed by atoms with Crippen molar-refractivity contribution in [1.29, 1.82) is 0 Å². The molecule has 0 radical (unpaired) electrons. The van der Waals surface area contributed by atoms with Gasteiger partial charge in [-0.25, -0.2) is 4.98 Å². The normalized spacial score (nSPS) is 11.5. The largest absolute Gasteiger partial charge is 0.335 e. The molecule has 0 spiro atoms. The number of pyridine rings is 3. The second-order valence-corrected chi connectivity index (χ2v) is 8.24. The third kappa shape index (κ3) is 2.98. The minimum absolute atomic E-state index is 0.244. The van der Waals surface area contributed by atoms with Gasteiger partial charge in [0.25, 0.3) is 0 Å². The molecule has 0 saturated carbocycles. The average molecular weight is 427 g/mol. The van der Waals surface area contributed by atoms with Crippen LogP contribution in [0.15, 0.2) is 55.2 Å². The molecule has 31 heavy (non-hydrogen) atoms. The number of halogens is 1. The molecule has 0 fully saturated rings. The maximum Gasteiger partial charge on any atom is 0.176 e. The second kappa shape index (κ2) is 6.78. The highest BCUT2D eigenvalue weighted by molar-refractivity contribution is 7.14. The van der Waals surface area contributed by atoms with E-state index in [0.717, 1.165) is 60.5 Å². The summed E-state index contributed by atoms with van der Waals surface area (Å²) in [6.07, 6.45) is 8.77. The number of H-pyrrole nitrogens is 2. The molecule has 6 aromatic rings. The predicted octanol–water partition coefficient (Wildman–Crippen LogP) is 5.13. The van der Waals surface area contributed by atoms with Crippen LogP contribution in [0.1, 0.15) is 5.56 Å². The van der Waals surface area contributed by atoms with Gasteiger partial charge in [-0.05, 0) is 36.8 Å². The maximum absolute atomic E-state index is 13.6. The van der Waals surface area contributed by atoms with Crippen LogP contribution in [0.3, 0.4) is 0 Å². The molecule has 7 nitrogen and oxygen atoms in total. The molecule has 6 aromatic heterocycles. The Hall–Kier alpha value is -3.98. The van der Waals surface area contributed by atoms with E-state index in [4.69, 9.17) is 4.98 Å². The summed E-state index contributed by atoms with van der Waals surface area (Å²) in [4.78, 5) is 21.9. The maximum atomic E-state index is 13.6. The SMILES string of the molecule is Cc1cncc(-c2cc3c(-c4nc5c(-c6ccc(F)s6)cncc5[nH]4)n[nH]c3cn2)c1. The lowest BCUT2D eigenvalue weighted by molar-refractivity contribution is 0.657. The number of thiophene rings is 1. The van der Waals surface area contributed by atoms with Crippen LogP contribution in [0, 0.1) is 12.1 Å². The standard InChI is InChI=1S/C22H14FN7S/c1-11-4-12(7-24-6-11)15-5-13-16(10-26-15)29-30-21(13)22-27-17-9-25-8-14(20(17)28-22)18-2-3-19(23)31-18/h2-10H,1H3,(H,27,28)(H,29,30). The van der Waals surface area contributed by atoms with E-state index < -0.39 is 0 Å². The minimum atomic E-state index is -0.244. The molecule has 150 valence electrons. The molecule has 2 N–H and O–H groups in total. The molecule has 0 aliphatic heterocycles. The Kier molecular flexibility index (Phi) is 3.90. The van der Waals surface area contributed by atoms with Crippen LogP contribution in [0.25, 0.3) is 55.2 Å². The molecular formula is C22H14FN7S. The van der Waals surface area contributed by atoms with E-state index in [1.807, 2.05) is 25.3 Å². The fourth-order valence-electron chi connectivity index (χ4n) is 3.63. The number of nitrogens with one attached hydrogen (secondary N) is 2. The molecule has 0 bridgehead atoms. The zero-order valence-corrected chi connectivity index (χ0v) is 17.0. The zero-order chi connectivity index (χ0) is 20.9. The summed E-state index contributed by atoms with van der Waals surface area (Å²) >= 11 is 1.07. The first kappa shape index (κ1) is 17.8. The molecule has 9 heteroatoms. The molecule has 0 aromatic carbocycles. The summed E-state index contributed by atoms with van der Waals surface area (Å²) in [6, 6.07) is 7.21. The van der Waals surface area contributed by atoms with Crippen molar-refractivity contribution < 1.29 is 4.39 Å². The monoisotopic (exact) mass is 427 g/mol. The molecule has 0 aliphatic rings. The Morgan fingerprint density at radius 3 is 2.71 bits per heavy atom. The van der Waals surface area contributed by atoms with Crippen molar-refractivity contribution >= 4 is 33.3 Å². The summed E-state index contributed by atoms with van der Waals surface area (Å²) in [6.45, 7) is 2.00. The first-order valence-corrected chi connectivity index (χ1v) is 10.3. The highest BCUT2D eigenvalue weighted by Gasteiger charge is 2.17. The zero-order valence-electron chi connectivity index (χ0n) is 16.2. The summed E-state index contributed by atoms with van der Waals surface area (Å²) in [7, 11) is 0. The molecule has 0 aliphatic carbocycles. The van der Waals surface area contributed by atoms with E-state index in [1.54, 1.807) is 30.9 Å². The minimum Gasteiger partial charge on any atom is -0.335 e. The van der Waals surface area contributed by atoms with E-state index in [0.29, 0.717) is 11.5 Å². The smallest absolute Gasteiger partial charge is 0.176 e. The van der Waals surface area contributed by atoms with Gasteiger partial charge in [-0.2, -0.15) is 9.49 Å². The van der Waals surface area contributed by atoms with Gasteiger partial charge in [0.05, 0.1) is 29.1 Å². The van der Waals surface area contributed by atoms with Crippen LogP contribution in [-0.2, 0) is 0 Å². The Morgan fingerprint density at radius 2 is 1.87 bits per heavy atom. The summed E-state index contributed by atoms with van der Waals surface area (Å²) in [5.74, 6) is 0.604. The van der Waals surface area contributed by atoms with Gasteiger partial charge < -0.3 is 4.98 Å². The number of rotatable bonds is 3. The van der Waals surface area contributed by atoms with Gasteiger partial charge in [-0.3, -0.25) is 20.1 Å². The van der Waals surface area contributed by atoms with Crippen LogP contribution >= 0.6 is 11.3 Å². The van der Waals surface area contributed by atoms with E-state index in [-0.39, 0.29) is 5.13 Å². The fraction of sp³-hybridized carbons (Fsp3) is 0.0455. The Balaban J connectivity index is 1.51. The molecule has 0 saturated heterocycles. The van der Waals surface area contributed by atoms with Crippen molar-refractivity contribution in [2.75, 3.05) is 0 Å². The van der Waals surface area contributed by atoms with Crippen LogP contribution in [0.2, 0.25) is 0 Å². The van der Waals surface area contributed by atoms with Crippen LogP contribution in [0.5, 0.6) is 0 Å². The van der Waals surface area contributed by atoms with Gasteiger partial charge >= 0.3 is 0 Å². The van der Waals surface area contributed by atoms with E-state index >= 15 is 0 Å². The van der Waals surface area contributed by atoms with Crippen LogP contribution in [0.4, 0.5) is 4.39 Å². The van der Waals surface area contributed by atoms with Gasteiger partial charge in [0, 0.05) is 40.0 Å². The fourth-order valence-corrected chi connectivity index (χ4v) is 4.38. The summed E-state index contributed by atoms with van der Waals surface area (Å²) in [5, 5.41) is 8.13. The highest BCUT2D eigenvalue weighted by atomic mass is 32.1. The van der Waals surface area contributed by atoms with Crippen molar-refractivity contribution in [1.82, 2.24) is 35.1 Å². The van der Waals surface area contributed by atoms with Crippen molar-refractivity contribution in [2.24, 2.45) is 0 Å². The van der Waals surface area contributed by atoms with Gasteiger partial charge in [0.15, 0.2) is 11.0 Å². The number of aromatic nitrogens is 7. The summed E-state index contributed by atoms with van der Waals surface area (Å²) < 4.78 is 13.6. The molecule has 6 rings (SSSR count). The Bertz CT molecular complexity index is 1580. The lowest BCUT2D eigenvalue weighted by Gasteiger charge is -2.02. The van der Waals surface area contributed by atoms with Crippen LogP contribution < -0.4 is 0 Å².